The van der Waals surface area contributed by atoms with Gasteiger partial charge in [0, 0.05) is 35.5 Å². The first-order valence-corrected chi connectivity index (χ1v) is 12.5. The van der Waals surface area contributed by atoms with Gasteiger partial charge in [0.15, 0.2) is 0 Å². The summed E-state index contributed by atoms with van der Waals surface area (Å²) in [7, 11) is -1.53. The van der Waals surface area contributed by atoms with Gasteiger partial charge in [0.05, 0.1) is 0 Å². The minimum Gasteiger partial charge on any atom is -0.423 e. The van der Waals surface area contributed by atoms with Crippen LogP contribution in [0.15, 0.2) is 72.1 Å². The van der Waals surface area contributed by atoms with Crippen molar-refractivity contribution in [1.29, 1.82) is 0 Å². The van der Waals surface area contributed by atoms with Gasteiger partial charge in [-0.15, -0.1) is 11.3 Å². The molecule has 1 fully saturated rings. The van der Waals surface area contributed by atoms with Crippen molar-refractivity contribution in [2.24, 2.45) is 5.73 Å². The Morgan fingerprint density at radius 1 is 1.03 bits per heavy atom. The van der Waals surface area contributed by atoms with Gasteiger partial charge in [0.2, 0.25) is 0 Å². The van der Waals surface area contributed by atoms with Gasteiger partial charge in [-0.1, -0.05) is 48.5 Å². The predicted molar refractivity (Wildman–Crippen MR) is 139 cm³/mol. The summed E-state index contributed by atoms with van der Waals surface area (Å²) < 4.78 is 1.08. The lowest BCUT2D eigenvalue weighted by atomic mass is 9.79. The number of hydrogen-bond donors (Lipinski definition) is 3. The number of carbonyl (C=O) groups is 1. The molecule has 3 aromatic carbocycles. The van der Waals surface area contributed by atoms with Gasteiger partial charge >= 0.3 is 7.12 Å². The molecule has 1 amide bonds. The third-order valence-electron chi connectivity index (χ3n) is 6.73. The van der Waals surface area contributed by atoms with Crippen molar-refractivity contribution >= 4 is 39.9 Å². The second-order valence-corrected chi connectivity index (χ2v) is 9.79. The first kappa shape index (κ1) is 22.8. The smallest absolute Gasteiger partial charge is 0.423 e. The zero-order valence-electron chi connectivity index (χ0n) is 18.9. The zero-order chi connectivity index (χ0) is 23.7. The summed E-state index contributed by atoms with van der Waals surface area (Å²) >= 11 is 1.62. The third kappa shape index (κ3) is 4.52. The number of benzene rings is 3. The molecule has 1 aromatic heterocycles. The number of carbonyl (C=O) groups excluding carboxylic acids is 1. The van der Waals surface area contributed by atoms with Gasteiger partial charge < -0.3 is 20.7 Å². The fourth-order valence-electron chi connectivity index (χ4n) is 4.86. The molecular formula is C27H27BN2O3S. The average molecular weight is 470 g/mol. The Hall–Kier alpha value is -2.97. The molecule has 0 radical (unpaired) electrons. The molecule has 1 aliphatic heterocycles. The van der Waals surface area contributed by atoms with E-state index >= 15 is 0 Å². The first-order valence-electron chi connectivity index (χ1n) is 11.6. The molecule has 0 aliphatic carbocycles. The minimum atomic E-state index is -1.53. The maximum Gasteiger partial charge on any atom is 0.488 e. The molecule has 1 aliphatic rings. The van der Waals surface area contributed by atoms with Gasteiger partial charge in [0.1, 0.15) is 0 Å². The number of thiophene rings is 1. The molecule has 34 heavy (non-hydrogen) atoms. The molecule has 0 atom stereocenters. The largest absolute Gasteiger partial charge is 0.488 e. The van der Waals surface area contributed by atoms with E-state index in [2.05, 4.69) is 24.3 Å². The average Bonchev–Trinajstić information content (AvgIpc) is 3.37. The molecule has 0 saturated carbocycles. The Morgan fingerprint density at radius 2 is 1.82 bits per heavy atom. The van der Waals surface area contributed by atoms with Gasteiger partial charge in [0.25, 0.3) is 5.91 Å². The quantitative estimate of drug-likeness (QED) is 0.388. The number of rotatable bonds is 5. The molecule has 5 rings (SSSR count). The second-order valence-electron chi connectivity index (χ2n) is 8.88. The molecule has 4 N–H and O–H groups in total. The molecule has 4 aromatic rings. The highest BCUT2D eigenvalue weighted by molar-refractivity contribution is 7.17. The van der Waals surface area contributed by atoms with E-state index < -0.39 is 7.12 Å². The first-order chi connectivity index (χ1) is 16.5. The number of piperidine rings is 1. The molecule has 1 saturated heterocycles. The van der Waals surface area contributed by atoms with Crippen LogP contribution in [-0.2, 0) is 6.54 Å². The number of hydrogen-bond acceptors (Lipinski definition) is 5. The van der Waals surface area contributed by atoms with Crippen molar-refractivity contribution in [3.8, 4) is 11.1 Å². The van der Waals surface area contributed by atoms with Crippen molar-refractivity contribution in [2.75, 3.05) is 13.1 Å². The Morgan fingerprint density at radius 3 is 2.59 bits per heavy atom. The van der Waals surface area contributed by atoms with E-state index in [1.165, 1.54) is 5.56 Å². The van der Waals surface area contributed by atoms with Crippen LogP contribution in [0.5, 0.6) is 0 Å². The Balaban J connectivity index is 1.39. The molecule has 5 nitrogen and oxygen atoms in total. The summed E-state index contributed by atoms with van der Waals surface area (Å²) in [6.45, 7) is 1.98. The summed E-state index contributed by atoms with van der Waals surface area (Å²) in [4.78, 5) is 15.5. The molecule has 2 heterocycles. The zero-order valence-corrected chi connectivity index (χ0v) is 19.7. The van der Waals surface area contributed by atoms with Gasteiger partial charge in [-0.3, -0.25) is 4.79 Å². The van der Waals surface area contributed by atoms with Gasteiger partial charge in [-0.05, 0) is 69.9 Å². The number of fused-ring (bicyclic) bond motifs is 1. The van der Waals surface area contributed by atoms with E-state index in [4.69, 9.17) is 5.73 Å². The van der Waals surface area contributed by atoms with Gasteiger partial charge in [-0.25, -0.2) is 0 Å². The summed E-state index contributed by atoms with van der Waals surface area (Å²) in [5.41, 5.74) is 11.2. The summed E-state index contributed by atoms with van der Waals surface area (Å²) in [5, 5.41) is 22.3. The van der Waals surface area contributed by atoms with Crippen molar-refractivity contribution in [3.63, 3.8) is 0 Å². The van der Waals surface area contributed by atoms with Crippen LogP contribution in [-0.4, -0.2) is 41.1 Å². The van der Waals surface area contributed by atoms with E-state index in [9.17, 15) is 14.8 Å². The normalized spacial score (nSPS) is 14.5. The molecule has 7 heteroatoms. The molecular weight excluding hydrogens is 443 g/mol. The van der Waals surface area contributed by atoms with Crippen molar-refractivity contribution < 1.29 is 14.8 Å². The number of nitrogens with zero attached hydrogens (tertiary/aromatic N) is 1. The molecule has 0 bridgehead atoms. The van der Waals surface area contributed by atoms with Crippen molar-refractivity contribution in [2.45, 2.75) is 25.3 Å². The van der Waals surface area contributed by atoms with E-state index in [0.717, 1.165) is 52.7 Å². The van der Waals surface area contributed by atoms with Crippen molar-refractivity contribution in [3.05, 3.63) is 88.8 Å². The summed E-state index contributed by atoms with van der Waals surface area (Å²) in [6, 6.07) is 21.6. The lowest BCUT2D eigenvalue weighted by Gasteiger charge is -2.32. The van der Waals surface area contributed by atoms with Crippen LogP contribution in [0.3, 0.4) is 0 Å². The van der Waals surface area contributed by atoms with E-state index in [0.29, 0.717) is 23.5 Å². The number of nitrogens with two attached hydrogens (primary N) is 1. The van der Waals surface area contributed by atoms with E-state index in [1.54, 1.807) is 23.5 Å². The summed E-state index contributed by atoms with van der Waals surface area (Å²) in [6.07, 6.45) is 1.87. The highest BCUT2D eigenvalue weighted by atomic mass is 32.1. The lowest BCUT2D eigenvalue weighted by molar-refractivity contribution is 0.0713. The van der Waals surface area contributed by atoms with Crippen LogP contribution in [0.25, 0.3) is 21.2 Å². The monoisotopic (exact) mass is 470 g/mol. The van der Waals surface area contributed by atoms with Crippen LogP contribution in [0.2, 0.25) is 0 Å². The molecule has 0 spiro atoms. The third-order valence-corrected chi connectivity index (χ3v) is 7.70. The molecule has 0 unspecified atom stereocenters. The highest BCUT2D eigenvalue weighted by Gasteiger charge is 2.25. The van der Waals surface area contributed by atoms with E-state index in [1.807, 2.05) is 40.6 Å². The topological polar surface area (TPSA) is 86.8 Å². The van der Waals surface area contributed by atoms with Crippen LogP contribution < -0.4 is 11.2 Å². The Kier molecular flexibility index (Phi) is 6.52. The lowest BCUT2D eigenvalue weighted by Crippen LogP contribution is -2.38. The minimum absolute atomic E-state index is 0.0434. The van der Waals surface area contributed by atoms with Crippen LogP contribution in [0, 0.1) is 0 Å². The second kappa shape index (κ2) is 9.72. The van der Waals surface area contributed by atoms with Crippen LogP contribution in [0.4, 0.5) is 0 Å². The SMILES string of the molecule is NCc1cccc(C2CCN(C(=O)c3cc(-c4cccc(B(O)O)c4)c4sccc4c3)CC2)c1. The summed E-state index contributed by atoms with van der Waals surface area (Å²) in [5.74, 6) is 0.486. The highest BCUT2D eigenvalue weighted by Crippen LogP contribution is 2.35. The van der Waals surface area contributed by atoms with Crippen molar-refractivity contribution in [1.82, 2.24) is 4.90 Å². The Labute approximate surface area is 203 Å². The van der Waals surface area contributed by atoms with E-state index in [-0.39, 0.29) is 5.91 Å². The maximum atomic E-state index is 13.5. The number of likely N-dealkylation sites (tertiary alicyclic amines) is 1. The van der Waals surface area contributed by atoms with Crippen LogP contribution in [0.1, 0.15) is 40.2 Å². The standard InChI is InChI=1S/C27H27BN2O3S/c29-17-18-3-1-4-20(13-18)19-7-10-30(11-8-19)27(31)23-14-22-9-12-34-26(22)25(16-23)21-5-2-6-24(15-21)28(32)33/h1-6,9,12-16,19,32-33H,7-8,10-11,17,29H2. The fraction of sp³-hybridized carbons (Fsp3) is 0.222. The number of amides is 1. The fourth-order valence-corrected chi connectivity index (χ4v) is 5.78. The predicted octanol–water partition coefficient (Wildman–Crippen LogP) is 3.73. The van der Waals surface area contributed by atoms with Gasteiger partial charge in [-0.2, -0.15) is 0 Å². The maximum absolute atomic E-state index is 13.5. The Bertz CT molecular complexity index is 1330. The van der Waals surface area contributed by atoms with Crippen LogP contribution >= 0.6 is 11.3 Å². The molecule has 172 valence electrons.